The number of hydrogen-bond acceptors (Lipinski definition) is 2. The molecule has 3 aliphatic carbocycles. The zero-order valence-corrected chi connectivity index (χ0v) is 17.1. The van der Waals surface area contributed by atoms with Crippen LogP contribution in [-0.4, -0.2) is 12.1 Å². The first kappa shape index (κ1) is 18.7. The number of carbonyl (C=O) groups excluding carboxylic acids is 1. The predicted molar refractivity (Wildman–Crippen MR) is 116 cm³/mol. The van der Waals surface area contributed by atoms with E-state index >= 15 is 0 Å². The first-order valence-corrected chi connectivity index (χ1v) is 11.4. The summed E-state index contributed by atoms with van der Waals surface area (Å²) in [7, 11) is 0. The summed E-state index contributed by atoms with van der Waals surface area (Å²) in [4.78, 5) is 12.8. The van der Waals surface area contributed by atoms with Crippen molar-refractivity contribution in [3.63, 3.8) is 0 Å². The average Bonchev–Trinajstić information content (AvgIpc) is 3.33. The lowest BCUT2D eigenvalue weighted by atomic mass is 9.88. The second-order valence-corrected chi connectivity index (χ2v) is 8.99. The van der Waals surface area contributed by atoms with E-state index in [2.05, 4.69) is 60.7 Å². The van der Waals surface area contributed by atoms with Gasteiger partial charge in [-0.15, -0.1) is 0 Å². The minimum absolute atomic E-state index is 0.0700. The number of hydrogen-bond donors (Lipinski definition) is 0. The highest BCUT2D eigenvalue weighted by Crippen LogP contribution is 2.54. The van der Waals surface area contributed by atoms with Gasteiger partial charge in [0, 0.05) is 5.92 Å². The van der Waals surface area contributed by atoms with Crippen LogP contribution in [0.5, 0.6) is 0 Å². The molecule has 0 N–H and O–H groups in total. The Morgan fingerprint density at radius 2 is 1.38 bits per heavy atom. The smallest absolute Gasteiger partial charge is 0.309 e. The molecule has 0 radical (unpaired) electrons. The highest BCUT2D eigenvalue weighted by molar-refractivity contribution is 5.83. The van der Waals surface area contributed by atoms with Gasteiger partial charge in [0.15, 0.2) is 0 Å². The zero-order chi connectivity index (χ0) is 19.6. The van der Waals surface area contributed by atoms with Crippen LogP contribution in [0.15, 0.2) is 66.2 Å². The molecular weight excluding hydrogens is 356 g/mol. The summed E-state index contributed by atoms with van der Waals surface area (Å²) < 4.78 is 6.16. The summed E-state index contributed by atoms with van der Waals surface area (Å²) in [6, 6.07) is 21.5. The van der Waals surface area contributed by atoms with E-state index in [0.29, 0.717) is 11.8 Å². The maximum Gasteiger partial charge on any atom is 0.309 e. The third-order valence-corrected chi connectivity index (χ3v) is 7.25. The van der Waals surface area contributed by atoms with Crippen LogP contribution in [0.4, 0.5) is 0 Å². The van der Waals surface area contributed by atoms with Crippen LogP contribution in [0, 0.1) is 17.8 Å². The molecule has 3 fully saturated rings. The molecule has 2 aromatic rings. The van der Waals surface area contributed by atoms with Gasteiger partial charge in [-0.2, -0.15) is 0 Å². The summed E-state index contributed by atoms with van der Waals surface area (Å²) in [5.74, 6) is 1.13. The van der Waals surface area contributed by atoms with Gasteiger partial charge in [-0.05, 0) is 54.7 Å². The van der Waals surface area contributed by atoms with E-state index in [1.54, 1.807) is 0 Å². The molecule has 150 valence electrons. The van der Waals surface area contributed by atoms with Crippen LogP contribution >= 0.6 is 0 Å². The van der Waals surface area contributed by atoms with Gasteiger partial charge in [0.1, 0.15) is 6.10 Å². The Hall–Kier alpha value is -2.35. The van der Waals surface area contributed by atoms with Crippen LogP contribution in [-0.2, 0) is 9.53 Å². The molecule has 5 rings (SSSR count). The van der Waals surface area contributed by atoms with Crippen molar-refractivity contribution in [1.29, 1.82) is 0 Å². The Bertz CT molecular complexity index is 836. The molecule has 2 aromatic carbocycles. The average molecular weight is 387 g/mol. The summed E-state index contributed by atoms with van der Waals surface area (Å²) in [6.07, 6.45) is 9.09. The van der Waals surface area contributed by atoms with Gasteiger partial charge >= 0.3 is 5.97 Å². The third-order valence-electron chi connectivity index (χ3n) is 7.25. The van der Waals surface area contributed by atoms with Gasteiger partial charge in [-0.3, -0.25) is 4.79 Å². The largest absolute Gasteiger partial charge is 0.461 e. The second kappa shape index (κ2) is 8.18. The second-order valence-electron chi connectivity index (χ2n) is 8.99. The number of rotatable bonds is 4. The van der Waals surface area contributed by atoms with Crippen LogP contribution in [0.25, 0.3) is 5.57 Å². The Labute approximate surface area is 174 Å². The van der Waals surface area contributed by atoms with E-state index in [-0.39, 0.29) is 18.0 Å². The normalized spacial score (nSPS) is 26.5. The molecule has 0 spiro atoms. The lowest BCUT2D eigenvalue weighted by Crippen LogP contribution is -2.29. The summed E-state index contributed by atoms with van der Waals surface area (Å²) in [5.41, 5.74) is 5.47. The molecule has 3 aliphatic rings. The molecule has 0 amide bonds. The van der Waals surface area contributed by atoms with Crippen molar-refractivity contribution in [2.45, 2.75) is 57.5 Å². The minimum Gasteiger partial charge on any atom is -0.461 e. The van der Waals surface area contributed by atoms with Gasteiger partial charge in [0.25, 0.3) is 0 Å². The highest BCUT2D eigenvalue weighted by atomic mass is 16.5. The molecule has 3 atom stereocenters. The molecule has 2 heteroatoms. The number of esters is 1. The van der Waals surface area contributed by atoms with E-state index in [0.717, 1.165) is 25.7 Å². The molecule has 0 unspecified atom stereocenters. The summed E-state index contributed by atoms with van der Waals surface area (Å²) in [5, 5.41) is 0. The highest BCUT2D eigenvalue weighted by Gasteiger charge is 2.47. The monoisotopic (exact) mass is 386 g/mol. The zero-order valence-electron chi connectivity index (χ0n) is 17.1. The Morgan fingerprint density at radius 3 is 2.00 bits per heavy atom. The molecule has 0 aromatic heterocycles. The molecule has 0 heterocycles. The Balaban J connectivity index is 1.47. The quantitative estimate of drug-likeness (QED) is 0.568. The van der Waals surface area contributed by atoms with E-state index in [1.807, 2.05) is 0 Å². The van der Waals surface area contributed by atoms with Crippen molar-refractivity contribution < 1.29 is 9.53 Å². The molecule has 29 heavy (non-hydrogen) atoms. The lowest BCUT2D eigenvalue weighted by molar-refractivity contribution is -0.157. The molecular formula is C27H30O2. The predicted octanol–water partition coefficient (Wildman–Crippen LogP) is 6.41. The van der Waals surface area contributed by atoms with Gasteiger partial charge in [0.2, 0.25) is 0 Å². The summed E-state index contributed by atoms with van der Waals surface area (Å²) in [6.45, 7) is 0. The fourth-order valence-electron chi connectivity index (χ4n) is 5.88. The van der Waals surface area contributed by atoms with Gasteiger partial charge in [0.05, 0.1) is 5.92 Å². The number of carbonyl (C=O) groups is 1. The fourth-order valence-corrected chi connectivity index (χ4v) is 5.88. The van der Waals surface area contributed by atoms with E-state index in [9.17, 15) is 4.79 Å². The maximum absolute atomic E-state index is 12.8. The van der Waals surface area contributed by atoms with Gasteiger partial charge < -0.3 is 4.74 Å². The van der Waals surface area contributed by atoms with Crippen LogP contribution in [0.1, 0.15) is 62.5 Å². The SMILES string of the molecule is O=C(O[C@@H]1C[C@@H]2CC[C@H]1C2=C(c1ccccc1)c1ccccc1)C1CCCCC1. The first-order valence-electron chi connectivity index (χ1n) is 11.4. The number of fused-ring (bicyclic) bond motifs is 2. The third kappa shape index (κ3) is 3.66. The maximum atomic E-state index is 12.8. The van der Waals surface area contributed by atoms with Crippen LogP contribution < -0.4 is 0 Å². The standard InChI is InChI=1S/C27H30O2/c28-27(21-14-8-3-9-15-21)29-24-18-22-16-17-23(24)26(22)25(19-10-4-1-5-11-19)20-12-6-2-7-13-20/h1-2,4-7,10-13,21-24H,3,8-9,14-18H2/t22-,23+,24+/m0/s1. The Kier molecular flexibility index (Phi) is 5.26. The molecule has 0 saturated heterocycles. The van der Waals surface area contributed by atoms with Gasteiger partial charge in [-0.1, -0.05) is 85.5 Å². The topological polar surface area (TPSA) is 26.3 Å². The lowest BCUT2D eigenvalue weighted by Gasteiger charge is -2.26. The van der Waals surface area contributed by atoms with Crippen molar-refractivity contribution in [2.24, 2.45) is 17.8 Å². The van der Waals surface area contributed by atoms with Gasteiger partial charge in [-0.25, -0.2) is 0 Å². The number of benzene rings is 2. The van der Waals surface area contributed by atoms with E-state index in [1.165, 1.54) is 48.0 Å². The van der Waals surface area contributed by atoms with E-state index in [4.69, 9.17) is 4.74 Å². The Morgan fingerprint density at radius 1 is 0.759 bits per heavy atom. The van der Waals surface area contributed by atoms with Crippen molar-refractivity contribution in [3.05, 3.63) is 77.4 Å². The van der Waals surface area contributed by atoms with Crippen molar-refractivity contribution in [2.75, 3.05) is 0 Å². The molecule has 3 saturated carbocycles. The molecule has 2 bridgehead atoms. The molecule has 2 nitrogen and oxygen atoms in total. The number of ether oxygens (including phenoxy) is 1. The fraction of sp³-hybridized carbons (Fsp3) is 0.444. The van der Waals surface area contributed by atoms with Crippen molar-refractivity contribution >= 4 is 11.5 Å². The van der Waals surface area contributed by atoms with Crippen molar-refractivity contribution in [3.8, 4) is 0 Å². The molecule has 0 aliphatic heterocycles. The van der Waals surface area contributed by atoms with E-state index < -0.39 is 0 Å². The summed E-state index contributed by atoms with van der Waals surface area (Å²) >= 11 is 0. The van der Waals surface area contributed by atoms with Crippen LogP contribution in [0.3, 0.4) is 0 Å². The van der Waals surface area contributed by atoms with Crippen LogP contribution in [0.2, 0.25) is 0 Å². The minimum atomic E-state index is 0.0700. The first-order chi connectivity index (χ1) is 14.3. The van der Waals surface area contributed by atoms with Crippen molar-refractivity contribution in [1.82, 2.24) is 0 Å².